The lowest BCUT2D eigenvalue weighted by Crippen LogP contribution is -2.17. The molecule has 0 atom stereocenters. The van der Waals surface area contributed by atoms with Crippen molar-refractivity contribution in [1.82, 2.24) is 9.38 Å². The minimum absolute atomic E-state index is 0.144. The number of pyridine rings is 1. The van der Waals surface area contributed by atoms with Gasteiger partial charge in [0.05, 0.1) is 12.1 Å². The first kappa shape index (κ1) is 16.3. The summed E-state index contributed by atoms with van der Waals surface area (Å²) < 4.78 is 20.7. The topological polar surface area (TPSA) is 60.7 Å². The van der Waals surface area contributed by atoms with Crippen molar-refractivity contribution in [2.75, 3.05) is 0 Å². The van der Waals surface area contributed by atoms with Gasteiger partial charge in [-0.1, -0.05) is 18.2 Å². The molecule has 0 aliphatic heterocycles. The van der Waals surface area contributed by atoms with Crippen molar-refractivity contribution >= 4 is 27.5 Å². The van der Waals surface area contributed by atoms with E-state index in [1.165, 1.54) is 22.6 Å². The Balaban J connectivity index is 1.71. The van der Waals surface area contributed by atoms with Gasteiger partial charge in [-0.25, -0.2) is 9.37 Å². The summed E-state index contributed by atoms with van der Waals surface area (Å²) in [7, 11) is 0. The van der Waals surface area contributed by atoms with Crippen LogP contribution in [-0.2, 0) is 22.6 Å². The molecule has 0 unspecified atom stereocenters. The van der Waals surface area contributed by atoms with Crippen LogP contribution < -0.4 is 5.56 Å². The molecule has 0 bridgehead atoms. The van der Waals surface area contributed by atoms with Crippen molar-refractivity contribution in [3.8, 4) is 0 Å². The van der Waals surface area contributed by atoms with Crippen molar-refractivity contribution in [3.05, 3.63) is 80.6 Å². The second-order valence-corrected chi connectivity index (χ2v) is 6.01. The quantitative estimate of drug-likeness (QED) is 0.642. The van der Waals surface area contributed by atoms with Gasteiger partial charge in [0.1, 0.15) is 18.1 Å². The van der Waals surface area contributed by atoms with Crippen molar-refractivity contribution in [1.29, 1.82) is 0 Å². The number of esters is 1. The molecule has 0 saturated heterocycles. The molecule has 0 N–H and O–H groups in total. The lowest BCUT2D eigenvalue weighted by molar-refractivity contribution is -0.144. The third-order valence-electron chi connectivity index (χ3n) is 3.35. The summed E-state index contributed by atoms with van der Waals surface area (Å²) in [5, 5.41) is 0. The van der Waals surface area contributed by atoms with Gasteiger partial charge in [-0.3, -0.25) is 14.0 Å². The number of fused-ring (bicyclic) bond motifs is 1. The van der Waals surface area contributed by atoms with E-state index in [0.29, 0.717) is 11.3 Å². The number of rotatable bonds is 4. The summed E-state index contributed by atoms with van der Waals surface area (Å²) in [4.78, 5) is 28.1. The molecule has 3 rings (SSSR count). The van der Waals surface area contributed by atoms with Gasteiger partial charge in [-0.15, -0.1) is 0 Å². The van der Waals surface area contributed by atoms with E-state index in [2.05, 4.69) is 20.9 Å². The Morgan fingerprint density at radius 2 is 2.04 bits per heavy atom. The minimum atomic E-state index is -0.585. The predicted octanol–water partition coefficient (Wildman–Crippen LogP) is 2.88. The lowest BCUT2D eigenvalue weighted by Gasteiger charge is -2.07. The molecule has 7 heteroatoms. The molecule has 0 spiro atoms. The van der Waals surface area contributed by atoms with Gasteiger partial charge >= 0.3 is 5.97 Å². The maximum absolute atomic E-state index is 13.5. The minimum Gasteiger partial charge on any atom is -0.459 e. The van der Waals surface area contributed by atoms with Crippen LogP contribution in [0.25, 0.3) is 5.65 Å². The number of halogens is 2. The summed E-state index contributed by atoms with van der Waals surface area (Å²) in [6.07, 6.45) is 1.44. The monoisotopic (exact) mass is 390 g/mol. The Kier molecular flexibility index (Phi) is 4.71. The van der Waals surface area contributed by atoms with Gasteiger partial charge in [0, 0.05) is 16.7 Å². The molecule has 2 aromatic heterocycles. The first-order valence-corrected chi connectivity index (χ1v) is 7.89. The van der Waals surface area contributed by atoms with E-state index in [9.17, 15) is 14.0 Å². The van der Waals surface area contributed by atoms with E-state index in [0.717, 1.165) is 4.47 Å². The van der Waals surface area contributed by atoms with E-state index in [-0.39, 0.29) is 24.2 Å². The fraction of sp³-hybridized carbons (Fsp3) is 0.118. The fourth-order valence-corrected chi connectivity index (χ4v) is 2.54. The Hall–Kier alpha value is -2.54. The van der Waals surface area contributed by atoms with Crippen LogP contribution >= 0.6 is 15.9 Å². The molecule has 0 fully saturated rings. The number of benzene rings is 1. The van der Waals surface area contributed by atoms with Crippen molar-refractivity contribution in [2.45, 2.75) is 13.0 Å². The van der Waals surface area contributed by atoms with E-state index < -0.39 is 11.8 Å². The van der Waals surface area contributed by atoms with Crippen LogP contribution in [0.5, 0.6) is 0 Å². The third-order valence-corrected chi connectivity index (χ3v) is 3.82. The molecule has 2 heterocycles. The molecule has 0 saturated carbocycles. The molecule has 0 radical (unpaired) electrons. The van der Waals surface area contributed by atoms with Crippen LogP contribution in [0.4, 0.5) is 4.39 Å². The molecule has 0 aliphatic rings. The maximum atomic E-state index is 13.5. The Morgan fingerprint density at radius 3 is 2.83 bits per heavy atom. The normalized spacial score (nSPS) is 10.8. The van der Waals surface area contributed by atoms with Crippen molar-refractivity contribution < 1.29 is 13.9 Å². The summed E-state index contributed by atoms with van der Waals surface area (Å²) in [6.45, 7) is -0.144. The first-order chi connectivity index (χ1) is 11.5. The Morgan fingerprint density at radius 1 is 1.25 bits per heavy atom. The Bertz CT molecular complexity index is 971. The average molecular weight is 391 g/mol. The number of ether oxygens (including phenoxy) is 1. The molecule has 1 aromatic carbocycles. The summed E-state index contributed by atoms with van der Waals surface area (Å²) in [5.74, 6) is -1.04. The zero-order valence-electron chi connectivity index (χ0n) is 12.4. The van der Waals surface area contributed by atoms with E-state index in [1.807, 2.05) is 0 Å². The third kappa shape index (κ3) is 3.68. The summed E-state index contributed by atoms with van der Waals surface area (Å²) >= 11 is 3.28. The SMILES string of the molecule is O=C(Cc1ccccc1F)OCc1cc(=O)n2cc(Br)ccc2n1. The molecule has 0 aliphatic carbocycles. The van der Waals surface area contributed by atoms with E-state index in [1.54, 1.807) is 30.5 Å². The van der Waals surface area contributed by atoms with Crippen molar-refractivity contribution in [2.24, 2.45) is 0 Å². The first-order valence-electron chi connectivity index (χ1n) is 7.10. The molecule has 3 aromatic rings. The smallest absolute Gasteiger partial charge is 0.310 e. The predicted molar refractivity (Wildman–Crippen MR) is 89.1 cm³/mol. The highest BCUT2D eigenvalue weighted by Gasteiger charge is 2.10. The Labute approximate surface area is 144 Å². The summed E-state index contributed by atoms with van der Waals surface area (Å²) in [6, 6.07) is 10.7. The number of aromatic nitrogens is 2. The van der Waals surface area contributed by atoms with Gasteiger partial charge in [-0.05, 0) is 39.7 Å². The van der Waals surface area contributed by atoms with Gasteiger partial charge in [0.2, 0.25) is 0 Å². The van der Waals surface area contributed by atoms with Gasteiger partial charge in [0.15, 0.2) is 0 Å². The number of hydrogen-bond donors (Lipinski definition) is 0. The van der Waals surface area contributed by atoms with Crippen LogP contribution in [0, 0.1) is 5.82 Å². The number of carbonyl (C=O) groups excluding carboxylic acids is 1. The molecule has 122 valence electrons. The van der Waals surface area contributed by atoms with Crippen LogP contribution in [0.1, 0.15) is 11.3 Å². The molecule has 0 amide bonds. The van der Waals surface area contributed by atoms with Crippen LogP contribution in [0.3, 0.4) is 0 Å². The van der Waals surface area contributed by atoms with Crippen LogP contribution in [0.15, 0.2) is 57.9 Å². The fourth-order valence-electron chi connectivity index (χ4n) is 2.20. The lowest BCUT2D eigenvalue weighted by atomic mass is 10.1. The van der Waals surface area contributed by atoms with Crippen LogP contribution in [-0.4, -0.2) is 15.4 Å². The maximum Gasteiger partial charge on any atom is 0.310 e. The standard InChI is InChI=1S/C17H12BrFN2O3/c18-12-5-6-15-20-13(8-16(22)21(15)9-12)10-24-17(23)7-11-3-1-2-4-14(11)19/h1-6,8-9H,7,10H2. The molecule has 24 heavy (non-hydrogen) atoms. The highest BCUT2D eigenvalue weighted by atomic mass is 79.9. The van der Waals surface area contributed by atoms with Gasteiger partial charge in [0.25, 0.3) is 5.56 Å². The molecular formula is C17H12BrFN2O3. The molecule has 5 nitrogen and oxygen atoms in total. The number of carbonyl (C=O) groups is 1. The van der Waals surface area contributed by atoms with Crippen LogP contribution in [0.2, 0.25) is 0 Å². The average Bonchev–Trinajstić information content (AvgIpc) is 2.56. The van der Waals surface area contributed by atoms with E-state index >= 15 is 0 Å². The zero-order chi connectivity index (χ0) is 17.1. The zero-order valence-corrected chi connectivity index (χ0v) is 14.0. The second-order valence-electron chi connectivity index (χ2n) is 5.09. The largest absolute Gasteiger partial charge is 0.459 e. The number of hydrogen-bond acceptors (Lipinski definition) is 4. The van der Waals surface area contributed by atoms with E-state index in [4.69, 9.17) is 4.74 Å². The molecular weight excluding hydrogens is 379 g/mol. The number of nitrogens with zero attached hydrogens (tertiary/aromatic N) is 2. The van der Waals surface area contributed by atoms with Crippen molar-refractivity contribution in [3.63, 3.8) is 0 Å². The summed E-state index contributed by atoms with van der Waals surface area (Å²) in [5.41, 5.74) is 0.774. The second kappa shape index (κ2) is 6.92. The highest BCUT2D eigenvalue weighted by Crippen LogP contribution is 2.11. The van der Waals surface area contributed by atoms with Gasteiger partial charge in [-0.2, -0.15) is 0 Å². The van der Waals surface area contributed by atoms with Gasteiger partial charge < -0.3 is 4.74 Å². The highest BCUT2D eigenvalue weighted by molar-refractivity contribution is 9.10.